The van der Waals surface area contributed by atoms with Gasteiger partial charge in [0.25, 0.3) is 0 Å². The quantitative estimate of drug-likeness (QED) is 0.632. The number of phenolic OH excluding ortho intramolecular Hbond substituents is 1. The van der Waals surface area contributed by atoms with Crippen LogP contribution in [0.1, 0.15) is 56.7 Å². The summed E-state index contributed by atoms with van der Waals surface area (Å²) in [6, 6.07) is 17.1. The Balaban J connectivity index is 0.00000364. The van der Waals surface area contributed by atoms with Crippen LogP contribution < -0.4 is 0 Å². The van der Waals surface area contributed by atoms with Gasteiger partial charge in [0.15, 0.2) is 0 Å². The molecule has 0 aromatic heterocycles. The van der Waals surface area contributed by atoms with Gasteiger partial charge in [0.05, 0.1) is 0 Å². The van der Waals surface area contributed by atoms with Crippen molar-refractivity contribution >= 4 is 12.4 Å². The number of rotatable bonds is 9. The third kappa shape index (κ3) is 6.53. The predicted molar refractivity (Wildman–Crippen MR) is 116 cm³/mol. The summed E-state index contributed by atoms with van der Waals surface area (Å²) in [6.45, 7) is 10.0. The zero-order valence-electron chi connectivity index (χ0n) is 16.9. The third-order valence-corrected chi connectivity index (χ3v) is 5.07. The number of hydrogen-bond donors (Lipinski definition) is 2. The molecule has 0 saturated heterocycles. The summed E-state index contributed by atoms with van der Waals surface area (Å²) in [6.07, 6.45) is 1.55. The van der Waals surface area contributed by atoms with Crippen molar-refractivity contribution in [2.75, 3.05) is 13.2 Å². The first-order valence-corrected chi connectivity index (χ1v) is 9.67. The van der Waals surface area contributed by atoms with Crippen LogP contribution >= 0.6 is 12.4 Å². The second kappa shape index (κ2) is 11.3. The lowest BCUT2D eigenvalue weighted by Gasteiger charge is -2.32. The Labute approximate surface area is 170 Å². The molecule has 4 heteroatoms. The van der Waals surface area contributed by atoms with E-state index in [2.05, 4.69) is 62.9 Å². The van der Waals surface area contributed by atoms with E-state index in [4.69, 9.17) is 0 Å². The standard InChI is InChI=1S/C23H33NO2.ClH/c1-17(2)24(18(3)4)14-12-21(20-8-6-5-7-9-20)22-16-19(13-15-25)10-11-23(22)26;/h5-11,16-18,21,25-26H,12-15H2,1-4H3;1H/t21-;/m0./s1. The lowest BCUT2D eigenvalue weighted by atomic mass is 9.86. The number of benzene rings is 2. The van der Waals surface area contributed by atoms with Crippen molar-refractivity contribution in [1.29, 1.82) is 0 Å². The Morgan fingerprint density at radius 3 is 2.11 bits per heavy atom. The van der Waals surface area contributed by atoms with Crippen molar-refractivity contribution in [2.24, 2.45) is 0 Å². The number of halogens is 1. The van der Waals surface area contributed by atoms with Crippen LogP contribution in [0, 0.1) is 0 Å². The maximum Gasteiger partial charge on any atom is 0.119 e. The molecule has 2 aromatic rings. The Kier molecular flexibility index (Phi) is 9.86. The third-order valence-electron chi connectivity index (χ3n) is 5.07. The first-order chi connectivity index (χ1) is 12.4. The first-order valence-electron chi connectivity index (χ1n) is 9.67. The molecule has 1 atom stereocenters. The highest BCUT2D eigenvalue weighted by Crippen LogP contribution is 2.35. The highest BCUT2D eigenvalue weighted by atomic mass is 35.5. The van der Waals surface area contributed by atoms with Gasteiger partial charge in [-0.2, -0.15) is 0 Å². The fourth-order valence-electron chi connectivity index (χ4n) is 3.75. The molecule has 0 radical (unpaired) electrons. The maximum absolute atomic E-state index is 10.5. The van der Waals surface area contributed by atoms with E-state index >= 15 is 0 Å². The number of hydrogen-bond acceptors (Lipinski definition) is 3. The molecule has 0 spiro atoms. The van der Waals surface area contributed by atoms with Gasteiger partial charge in [0.2, 0.25) is 0 Å². The topological polar surface area (TPSA) is 43.7 Å². The van der Waals surface area contributed by atoms with Gasteiger partial charge < -0.3 is 10.2 Å². The molecule has 27 heavy (non-hydrogen) atoms. The van der Waals surface area contributed by atoms with E-state index in [1.165, 1.54) is 5.56 Å². The Hall–Kier alpha value is -1.55. The molecule has 0 aliphatic rings. The van der Waals surface area contributed by atoms with Crippen molar-refractivity contribution in [3.05, 3.63) is 65.2 Å². The molecule has 0 heterocycles. The van der Waals surface area contributed by atoms with Gasteiger partial charge in [-0.1, -0.05) is 42.5 Å². The number of aromatic hydroxyl groups is 1. The molecular formula is C23H34ClNO2. The molecular weight excluding hydrogens is 358 g/mol. The van der Waals surface area contributed by atoms with E-state index in [1.807, 2.05) is 12.1 Å². The molecule has 3 nitrogen and oxygen atoms in total. The van der Waals surface area contributed by atoms with Crippen LogP contribution in [0.3, 0.4) is 0 Å². The number of aliphatic hydroxyl groups is 1. The van der Waals surface area contributed by atoms with Crippen LogP contribution in [0.25, 0.3) is 0 Å². The summed E-state index contributed by atoms with van der Waals surface area (Å²) in [7, 11) is 0. The van der Waals surface area contributed by atoms with E-state index in [-0.39, 0.29) is 24.9 Å². The summed E-state index contributed by atoms with van der Waals surface area (Å²) in [5.41, 5.74) is 3.23. The zero-order chi connectivity index (χ0) is 19.1. The second-order valence-corrected chi connectivity index (χ2v) is 7.54. The van der Waals surface area contributed by atoms with Crippen molar-refractivity contribution in [1.82, 2.24) is 4.90 Å². The SMILES string of the molecule is CC(C)N(CC[C@@H](c1ccccc1)c1cc(CCO)ccc1O)C(C)C.Cl. The summed E-state index contributed by atoms with van der Waals surface area (Å²) >= 11 is 0. The number of nitrogens with zero attached hydrogens (tertiary/aromatic N) is 1. The minimum absolute atomic E-state index is 0. The van der Waals surface area contributed by atoms with Crippen LogP contribution in [0.4, 0.5) is 0 Å². The van der Waals surface area contributed by atoms with E-state index in [0.29, 0.717) is 24.3 Å². The van der Waals surface area contributed by atoms with Gasteiger partial charge in [-0.25, -0.2) is 0 Å². The molecule has 0 unspecified atom stereocenters. The van der Waals surface area contributed by atoms with Crippen LogP contribution in [-0.2, 0) is 6.42 Å². The van der Waals surface area contributed by atoms with Crippen LogP contribution in [0.2, 0.25) is 0 Å². The Bertz CT molecular complexity index is 665. The average Bonchev–Trinajstić information content (AvgIpc) is 2.61. The largest absolute Gasteiger partial charge is 0.508 e. The lowest BCUT2D eigenvalue weighted by Crippen LogP contribution is -2.38. The molecule has 0 bridgehead atoms. The minimum Gasteiger partial charge on any atom is -0.508 e. The van der Waals surface area contributed by atoms with Gasteiger partial charge in [0.1, 0.15) is 5.75 Å². The van der Waals surface area contributed by atoms with Crippen LogP contribution in [0.5, 0.6) is 5.75 Å². The Morgan fingerprint density at radius 2 is 1.56 bits per heavy atom. The van der Waals surface area contributed by atoms with E-state index < -0.39 is 0 Å². The van der Waals surface area contributed by atoms with Crippen molar-refractivity contribution < 1.29 is 10.2 Å². The van der Waals surface area contributed by atoms with Gasteiger partial charge >= 0.3 is 0 Å². The minimum atomic E-state index is 0. The monoisotopic (exact) mass is 391 g/mol. The molecule has 0 saturated carbocycles. The highest BCUT2D eigenvalue weighted by Gasteiger charge is 2.21. The van der Waals surface area contributed by atoms with E-state index in [9.17, 15) is 10.2 Å². The van der Waals surface area contributed by atoms with E-state index in [1.54, 1.807) is 6.07 Å². The van der Waals surface area contributed by atoms with Gasteiger partial charge in [0, 0.05) is 30.2 Å². The Morgan fingerprint density at radius 1 is 0.926 bits per heavy atom. The summed E-state index contributed by atoms with van der Waals surface area (Å²) in [4.78, 5) is 2.49. The van der Waals surface area contributed by atoms with Crippen molar-refractivity contribution in [3.63, 3.8) is 0 Å². The van der Waals surface area contributed by atoms with Gasteiger partial charge in [-0.05, 0) is 64.3 Å². The summed E-state index contributed by atoms with van der Waals surface area (Å²) in [5, 5.41) is 19.8. The summed E-state index contributed by atoms with van der Waals surface area (Å²) < 4.78 is 0. The number of aliphatic hydroxyl groups excluding tert-OH is 1. The molecule has 0 amide bonds. The molecule has 2 aromatic carbocycles. The molecule has 0 fully saturated rings. The smallest absolute Gasteiger partial charge is 0.119 e. The van der Waals surface area contributed by atoms with Gasteiger partial charge in [-0.15, -0.1) is 12.4 Å². The molecule has 2 N–H and O–H groups in total. The lowest BCUT2D eigenvalue weighted by molar-refractivity contribution is 0.170. The normalized spacial score (nSPS) is 12.4. The molecule has 2 rings (SSSR count). The maximum atomic E-state index is 10.5. The average molecular weight is 392 g/mol. The van der Waals surface area contributed by atoms with Crippen molar-refractivity contribution in [2.45, 2.75) is 58.5 Å². The highest BCUT2D eigenvalue weighted by molar-refractivity contribution is 5.85. The zero-order valence-corrected chi connectivity index (χ0v) is 17.7. The fraction of sp³-hybridized carbons (Fsp3) is 0.478. The molecule has 0 aliphatic carbocycles. The van der Waals surface area contributed by atoms with Crippen LogP contribution in [0.15, 0.2) is 48.5 Å². The predicted octanol–water partition coefficient (Wildman–Crippen LogP) is 4.99. The summed E-state index contributed by atoms with van der Waals surface area (Å²) in [5.74, 6) is 0.469. The molecule has 0 aliphatic heterocycles. The molecule has 150 valence electrons. The van der Waals surface area contributed by atoms with E-state index in [0.717, 1.165) is 24.1 Å². The number of phenols is 1. The van der Waals surface area contributed by atoms with Crippen LogP contribution in [-0.4, -0.2) is 40.3 Å². The fourth-order valence-corrected chi connectivity index (χ4v) is 3.75. The first kappa shape index (κ1) is 23.5. The van der Waals surface area contributed by atoms with Crippen molar-refractivity contribution in [3.8, 4) is 5.75 Å². The second-order valence-electron chi connectivity index (χ2n) is 7.54. The van der Waals surface area contributed by atoms with Gasteiger partial charge in [-0.3, -0.25) is 4.90 Å².